The van der Waals surface area contributed by atoms with Gasteiger partial charge >= 0.3 is 0 Å². The van der Waals surface area contributed by atoms with Gasteiger partial charge in [-0.25, -0.2) is 8.78 Å². The molecule has 0 radical (unpaired) electrons. The lowest BCUT2D eigenvalue weighted by Crippen LogP contribution is -2.53. The van der Waals surface area contributed by atoms with Gasteiger partial charge in [-0.3, -0.25) is 14.6 Å². The Kier molecular flexibility index (Phi) is 9.47. The molecule has 1 unspecified atom stereocenters. The molecular weight excluding hydrogens is 501 g/mol. The maximum absolute atomic E-state index is 14.3. The highest BCUT2D eigenvalue weighted by atomic mass is 127. The van der Waals surface area contributed by atoms with E-state index < -0.39 is 11.6 Å². The average Bonchev–Trinajstić information content (AvgIpc) is 3.13. The molecule has 6 nitrogen and oxygen atoms in total. The Labute approximate surface area is 194 Å². The first kappa shape index (κ1) is 24.5. The molecule has 0 saturated carbocycles. The molecule has 1 aromatic heterocycles. The van der Waals surface area contributed by atoms with Gasteiger partial charge < -0.3 is 10.2 Å². The third-order valence-electron chi connectivity index (χ3n) is 5.43. The van der Waals surface area contributed by atoms with Crippen molar-refractivity contribution in [1.82, 2.24) is 24.9 Å². The van der Waals surface area contributed by atoms with Crippen molar-refractivity contribution in [2.75, 3.05) is 39.8 Å². The molecule has 1 aromatic carbocycles. The standard InChI is InChI=1S/C21H30F2N6.HI/c1-4-20(18-6-5-17(22)13-19(18)23)28-9-11-29(12-10-28)21(24-2)25-8-7-16-14-26-27(3)15-16;/h5-6,13-15,20H,4,7-12H2,1-3H3,(H,24,25);1H. The topological polar surface area (TPSA) is 48.7 Å². The van der Waals surface area contributed by atoms with Gasteiger partial charge in [0.25, 0.3) is 0 Å². The zero-order chi connectivity index (χ0) is 20.8. The molecule has 0 amide bonds. The van der Waals surface area contributed by atoms with Gasteiger partial charge in [0.2, 0.25) is 0 Å². The maximum atomic E-state index is 14.3. The summed E-state index contributed by atoms with van der Waals surface area (Å²) in [5.41, 5.74) is 1.76. The fourth-order valence-electron chi connectivity index (χ4n) is 3.94. The zero-order valence-electron chi connectivity index (χ0n) is 17.8. The van der Waals surface area contributed by atoms with Gasteiger partial charge in [-0.05, 0) is 24.5 Å². The molecule has 9 heteroatoms. The molecule has 1 fully saturated rings. The van der Waals surface area contributed by atoms with Crippen LogP contribution in [0.2, 0.25) is 0 Å². The summed E-state index contributed by atoms with van der Waals surface area (Å²) < 4.78 is 29.3. The lowest BCUT2D eigenvalue weighted by atomic mass is 10.0. The van der Waals surface area contributed by atoms with Crippen molar-refractivity contribution in [2.45, 2.75) is 25.8 Å². The number of aromatic nitrogens is 2. The van der Waals surface area contributed by atoms with Crippen molar-refractivity contribution in [1.29, 1.82) is 0 Å². The Morgan fingerprint density at radius 2 is 1.97 bits per heavy atom. The molecule has 1 atom stereocenters. The molecule has 3 rings (SSSR count). The minimum atomic E-state index is -0.535. The Morgan fingerprint density at radius 1 is 1.23 bits per heavy atom. The molecule has 1 N–H and O–H groups in total. The van der Waals surface area contributed by atoms with E-state index >= 15 is 0 Å². The van der Waals surface area contributed by atoms with Crippen LogP contribution < -0.4 is 5.32 Å². The van der Waals surface area contributed by atoms with E-state index in [1.54, 1.807) is 17.8 Å². The summed E-state index contributed by atoms with van der Waals surface area (Å²) in [5, 5.41) is 7.61. The molecule has 2 heterocycles. The minimum Gasteiger partial charge on any atom is -0.356 e. The molecule has 0 spiro atoms. The molecular formula is C21H31F2IN6. The number of hydrogen-bond acceptors (Lipinski definition) is 3. The van der Waals surface area contributed by atoms with Gasteiger partial charge in [0.1, 0.15) is 11.6 Å². The largest absolute Gasteiger partial charge is 0.356 e. The SMILES string of the molecule is CCC(c1ccc(F)cc1F)N1CCN(C(=NC)NCCc2cnn(C)c2)CC1.I. The van der Waals surface area contributed by atoms with E-state index in [-0.39, 0.29) is 30.0 Å². The third-order valence-corrected chi connectivity index (χ3v) is 5.43. The summed E-state index contributed by atoms with van der Waals surface area (Å²) in [4.78, 5) is 8.91. The number of hydrogen-bond donors (Lipinski definition) is 1. The van der Waals surface area contributed by atoms with Crippen molar-refractivity contribution in [2.24, 2.45) is 12.0 Å². The van der Waals surface area contributed by atoms with Crippen molar-refractivity contribution in [3.05, 3.63) is 53.4 Å². The van der Waals surface area contributed by atoms with Crippen LogP contribution in [0.3, 0.4) is 0 Å². The Bertz CT molecular complexity index is 833. The van der Waals surface area contributed by atoms with E-state index in [2.05, 4.69) is 25.2 Å². The molecule has 2 aromatic rings. The second kappa shape index (κ2) is 11.6. The van der Waals surface area contributed by atoms with E-state index in [1.807, 2.05) is 26.4 Å². The fourth-order valence-corrected chi connectivity index (χ4v) is 3.94. The summed E-state index contributed by atoms with van der Waals surface area (Å²) in [6.07, 6.45) is 5.56. The second-order valence-corrected chi connectivity index (χ2v) is 7.36. The first-order chi connectivity index (χ1) is 14.0. The van der Waals surface area contributed by atoms with E-state index in [0.717, 1.165) is 57.6 Å². The number of nitrogens with zero attached hydrogens (tertiary/aromatic N) is 5. The van der Waals surface area contributed by atoms with Crippen LogP contribution in [0.5, 0.6) is 0 Å². The van der Waals surface area contributed by atoms with Crippen molar-refractivity contribution >= 4 is 29.9 Å². The summed E-state index contributed by atoms with van der Waals surface area (Å²) in [6.45, 7) is 6.06. The Balaban J connectivity index is 0.00000320. The van der Waals surface area contributed by atoms with Crippen molar-refractivity contribution < 1.29 is 8.78 Å². The predicted molar refractivity (Wildman–Crippen MR) is 126 cm³/mol. The molecule has 30 heavy (non-hydrogen) atoms. The average molecular weight is 532 g/mol. The van der Waals surface area contributed by atoms with Gasteiger partial charge in [-0.2, -0.15) is 5.10 Å². The number of rotatable bonds is 6. The van der Waals surface area contributed by atoms with Crippen LogP contribution in [0, 0.1) is 11.6 Å². The number of benzene rings is 1. The fraction of sp³-hybridized carbons (Fsp3) is 0.524. The Hall–Kier alpha value is -1.75. The molecule has 1 aliphatic rings. The number of nitrogens with one attached hydrogen (secondary N) is 1. The number of aliphatic imine (C=N–C) groups is 1. The van der Waals surface area contributed by atoms with Crippen molar-refractivity contribution in [3.63, 3.8) is 0 Å². The summed E-state index contributed by atoms with van der Waals surface area (Å²) in [7, 11) is 3.71. The van der Waals surface area contributed by atoms with Gasteiger partial charge in [0.05, 0.1) is 6.20 Å². The molecule has 0 aliphatic carbocycles. The third kappa shape index (κ3) is 6.13. The second-order valence-electron chi connectivity index (χ2n) is 7.36. The first-order valence-corrected chi connectivity index (χ1v) is 10.1. The van der Waals surface area contributed by atoms with E-state index in [4.69, 9.17) is 0 Å². The van der Waals surface area contributed by atoms with Crippen LogP contribution in [0.1, 0.15) is 30.5 Å². The highest BCUT2D eigenvalue weighted by molar-refractivity contribution is 14.0. The smallest absolute Gasteiger partial charge is 0.193 e. The first-order valence-electron chi connectivity index (χ1n) is 10.1. The quantitative estimate of drug-likeness (QED) is 0.353. The lowest BCUT2D eigenvalue weighted by molar-refractivity contribution is 0.124. The molecule has 166 valence electrons. The van der Waals surface area contributed by atoms with Crippen LogP contribution in [0.25, 0.3) is 0 Å². The van der Waals surface area contributed by atoms with Crippen LogP contribution in [-0.4, -0.2) is 65.3 Å². The molecule has 0 bridgehead atoms. The van der Waals surface area contributed by atoms with Gasteiger partial charge in [0, 0.05) is 70.7 Å². The van der Waals surface area contributed by atoms with E-state index in [0.29, 0.717) is 5.56 Å². The summed E-state index contributed by atoms with van der Waals surface area (Å²) in [6, 6.07) is 3.84. The number of guanidine groups is 1. The van der Waals surface area contributed by atoms with Gasteiger partial charge in [0.15, 0.2) is 5.96 Å². The van der Waals surface area contributed by atoms with Crippen LogP contribution in [-0.2, 0) is 13.5 Å². The minimum absolute atomic E-state index is 0. The molecule has 1 aliphatic heterocycles. The summed E-state index contributed by atoms with van der Waals surface area (Å²) in [5.74, 6) is -0.117. The van der Waals surface area contributed by atoms with Crippen LogP contribution in [0.15, 0.2) is 35.6 Å². The number of halogens is 3. The van der Waals surface area contributed by atoms with E-state index in [9.17, 15) is 8.78 Å². The molecule has 1 saturated heterocycles. The Morgan fingerprint density at radius 3 is 2.53 bits per heavy atom. The lowest BCUT2D eigenvalue weighted by Gasteiger charge is -2.40. The predicted octanol–water partition coefficient (Wildman–Crippen LogP) is 3.20. The summed E-state index contributed by atoms with van der Waals surface area (Å²) >= 11 is 0. The number of aryl methyl sites for hydroxylation is 1. The van der Waals surface area contributed by atoms with Gasteiger partial charge in [-0.1, -0.05) is 13.0 Å². The zero-order valence-corrected chi connectivity index (χ0v) is 20.1. The maximum Gasteiger partial charge on any atom is 0.193 e. The van der Waals surface area contributed by atoms with Crippen molar-refractivity contribution in [3.8, 4) is 0 Å². The highest BCUT2D eigenvalue weighted by Crippen LogP contribution is 2.28. The van der Waals surface area contributed by atoms with Gasteiger partial charge in [-0.15, -0.1) is 24.0 Å². The van der Waals surface area contributed by atoms with E-state index in [1.165, 1.54) is 11.6 Å². The number of piperazine rings is 1. The van der Waals surface area contributed by atoms with Crippen LogP contribution >= 0.6 is 24.0 Å². The highest BCUT2D eigenvalue weighted by Gasteiger charge is 2.27. The van der Waals surface area contributed by atoms with Crippen LogP contribution in [0.4, 0.5) is 8.78 Å². The monoisotopic (exact) mass is 532 g/mol. The normalized spacial score (nSPS) is 16.3.